The summed E-state index contributed by atoms with van der Waals surface area (Å²) in [5, 5.41) is 18.5. The summed E-state index contributed by atoms with van der Waals surface area (Å²) in [5.41, 5.74) is 0. The number of carbonyl (C=O) groups is 1. The van der Waals surface area contributed by atoms with Crippen molar-refractivity contribution in [1.82, 2.24) is 4.90 Å². The molecule has 17 heavy (non-hydrogen) atoms. The largest absolute Gasteiger partial charge is 0.449 e. The van der Waals surface area contributed by atoms with E-state index in [0.717, 1.165) is 19.3 Å². The lowest BCUT2D eigenvalue weighted by atomic mass is 9.99. The molecule has 2 atom stereocenters. The molecule has 0 aliphatic carbocycles. The van der Waals surface area contributed by atoms with Gasteiger partial charge in [-0.2, -0.15) is 0 Å². The van der Waals surface area contributed by atoms with Crippen LogP contribution in [0.25, 0.3) is 0 Å². The predicted octanol–water partition coefficient (Wildman–Crippen LogP) is 0.988. The maximum Gasteiger partial charge on any atom is 0.409 e. The van der Waals surface area contributed by atoms with Crippen molar-refractivity contribution in [2.75, 3.05) is 26.3 Å². The van der Waals surface area contributed by atoms with Crippen LogP contribution in [0.1, 0.15) is 32.6 Å². The fourth-order valence-corrected chi connectivity index (χ4v) is 2.03. The fraction of sp³-hybridized carbons (Fsp3) is 0.917. The monoisotopic (exact) mass is 245 g/mol. The zero-order chi connectivity index (χ0) is 12.7. The van der Waals surface area contributed by atoms with Gasteiger partial charge in [0.05, 0.1) is 12.7 Å². The van der Waals surface area contributed by atoms with E-state index >= 15 is 0 Å². The molecule has 0 bridgehead atoms. The highest BCUT2D eigenvalue weighted by molar-refractivity contribution is 5.67. The molecule has 0 radical (unpaired) electrons. The van der Waals surface area contributed by atoms with Crippen LogP contribution in [-0.4, -0.2) is 53.6 Å². The molecule has 100 valence electrons. The van der Waals surface area contributed by atoms with Crippen LogP contribution in [0.3, 0.4) is 0 Å². The number of likely N-dealkylation sites (tertiary alicyclic amines) is 1. The van der Waals surface area contributed by atoms with E-state index in [1.807, 2.05) is 6.92 Å². The first-order valence-electron chi connectivity index (χ1n) is 6.39. The smallest absolute Gasteiger partial charge is 0.409 e. The molecule has 0 aromatic carbocycles. The summed E-state index contributed by atoms with van der Waals surface area (Å²) in [6.45, 7) is 3.67. The van der Waals surface area contributed by atoms with Crippen molar-refractivity contribution in [3.8, 4) is 0 Å². The summed E-state index contributed by atoms with van der Waals surface area (Å²) in [7, 11) is 0. The van der Waals surface area contributed by atoms with Crippen molar-refractivity contribution in [2.24, 2.45) is 5.92 Å². The van der Waals surface area contributed by atoms with Crippen LogP contribution in [0.4, 0.5) is 4.79 Å². The Balaban J connectivity index is 2.26. The summed E-state index contributed by atoms with van der Waals surface area (Å²) < 4.78 is 5.11. The number of rotatable bonds is 6. The van der Waals surface area contributed by atoms with Gasteiger partial charge in [-0.15, -0.1) is 0 Å². The van der Waals surface area contributed by atoms with Gasteiger partial charge in [-0.1, -0.05) is 13.3 Å². The number of amides is 1. The van der Waals surface area contributed by atoms with Crippen LogP contribution in [0.15, 0.2) is 0 Å². The lowest BCUT2D eigenvalue weighted by Gasteiger charge is -2.18. The molecule has 5 nitrogen and oxygen atoms in total. The van der Waals surface area contributed by atoms with E-state index in [1.165, 1.54) is 0 Å². The first-order valence-corrected chi connectivity index (χ1v) is 6.39. The second-order valence-corrected chi connectivity index (χ2v) is 4.54. The zero-order valence-electron chi connectivity index (χ0n) is 10.5. The van der Waals surface area contributed by atoms with Crippen molar-refractivity contribution in [2.45, 2.75) is 38.7 Å². The minimum Gasteiger partial charge on any atom is -0.449 e. The number of aliphatic hydroxyl groups is 2. The Morgan fingerprint density at radius 1 is 1.59 bits per heavy atom. The number of aliphatic hydroxyl groups excluding tert-OH is 2. The van der Waals surface area contributed by atoms with E-state index in [2.05, 4.69) is 0 Å². The molecular weight excluding hydrogens is 222 g/mol. The average Bonchev–Trinajstić information content (AvgIpc) is 2.79. The van der Waals surface area contributed by atoms with Gasteiger partial charge in [0.15, 0.2) is 0 Å². The third-order valence-electron chi connectivity index (χ3n) is 3.18. The molecule has 0 aromatic rings. The van der Waals surface area contributed by atoms with Gasteiger partial charge in [0.2, 0.25) is 0 Å². The van der Waals surface area contributed by atoms with Crippen molar-refractivity contribution in [1.29, 1.82) is 0 Å². The molecular formula is C12H23NO4. The molecule has 1 fully saturated rings. The Labute approximate surface area is 102 Å². The van der Waals surface area contributed by atoms with Gasteiger partial charge >= 0.3 is 6.09 Å². The first kappa shape index (κ1) is 14.3. The van der Waals surface area contributed by atoms with E-state index < -0.39 is 6.10 Å². The van der Waals surface area contributed by atoms with E-state index in [9.17, 15) is 9.90 Å². The standard InChI is InChI=1S/C12H23NO4/c1-2-3-8-17-12(16)13-6-4-10(9-13)11(15)5-7-14/h10-11,14-15H,2-9H2,1H3/t10-,11-/m0/s1. The minimum atomic E-state index is -0.520. The maximum atomic E-state index is 11.6. The Hall–Kier alpha value is -0.810. The number of carbonyl (C=O) groups excluding carboxylic acids is 1. The Kier molecular flexibility index (Phi) is 6.29. The molecule has 1 saturated heterocycles. The Morgan fingerprint density at radius 3 is 3.00 bits per heavy atom. The van der Waals surface area contributed by atoms with Crippen molar-refractivity contribution < 1.29 is 19.7 Å². The maximum absolute atomic E-state index is 11.6. The quantitative estimate of drug-likeness (QED) is 0.685. The SMILES string of the molecule is CCCCOC(=O)N1CC[C@H]([C@@H](O)CCO)C1. The Morgan fingerprint density at radius 2 is 2.35 bits per heavy atom. The minimum absolute atomic E-state index is 0.0153. The van der Waals surface area contributed by atoms with Crippen molar-refractivity contribution >= 4 is 6.09 Å². The van der Waals surface area contributed by atoms with Crippen LogP contribution in [0.2, 0.25) is 0 Å². The van der Waals surface area contributed by atoms with Gasteiger partial charge in [0.25, 0.3) is 0 Å². The first-order chi connectivity index (χ1) is 8.19. The zero-order valence-corrected chi connectivity index (χ0v) is 10.5. The van der Waals surface area contributed by atoms with Crippen LogP contribution in [-0.2, 0) is 4.74 Å². The van der Waals surface area contributed by atoms with E-state index in [-0.39, 0.29) is 18.6 Å². The highest BCUT2D eigenvalue weighted by atomic mass is 16.6. The third-order valence-corrected chi connectivity index (χ3v) is 3.18. The summed E-state index contributed by atoms with van der Waals surface area (Å²) in [5.74, 6) is 0.0703. The van der Waals surface area contributed by atoms with E-state index in [4.69, 9.17) is 9.84 Å². The number of hydrogen-bond donors (Lipinski definition) is 2. The summed E-state index contributed by atoms with van der Waals surface area (Å²) >= 11 is 0. The molecule has 1 amide bonds. The summed E-state index contributed by atoms with van der Waals surface area (Å²) in [4.78, 5) is 13.3. The summed E-state index contributed by atoms with van der Waals surface area (Å²) in [6.07, 6.45) is 2.25. The van der Waals surface area contributed by atoms with E-state index in [0.29, 0.717) is 26.1 Å². The molecule has 1 rings (SSSR count). The second-order valence-electron chi connectivity index (χ2n) is 4.54. The molecule has 0 saturated carbocycles. The molecule has 0 unspecified atom stereocenters. The number of ether oxygens (including phenoxy) is 1. The molecule has 0 spiro atoms. The molecule has 0 aromatic heterocycles. The normalized spacial score (nSPS) is 21.6. The topological polar surface area (TPSA) is 70.0 Å². The number of hydrogen-bond acceptors (Lipinski definition) is 4. The molecule has 1 aliphatic heterocycles. The fourth-order valence-electron chi connectivity index (χ4n) is 2.03. The van der Waals surface area contributed by atoms with Crippen molar-refractivity contribution in [3.63, 3.8) is 0 Å². The van der Waals surface area contributed by atoms with Crippen LogP contribution < -0.4 is 0 Å². The molecule has 1 aliphatic rings. The number of unbranched alkanes of at least 4 members (excludes halogenated alkanes) is 1. The average molecular weight is 245 g/mol. The highest BCUT2D eigenvalue weighted by Crippen LogP contribution is 2.22. The highest BCUT2D eigenvalue weighted by Gasteiger charge is 2.31. The van der Waals surface area contributed by atoms with E-state index in [1.54, 1.807) is 4.90 Å². The number of nitrogens with zero attached hydrogens (tertiary/aromatic N) is 1. The van der Waals surface area contributed by atoms with Crippen LogP contribution >= 0.6 is 0 Å². The lowest BCUT2D eigenvalue weighted by molar-refractivity contribution is 0.0760. The molecule has 2 N–H and O–H groups in total. The van der Waals surface area contributed by atoms with Gasteiger partial charge in [-0.05, 0) is 19.3 Å². The van der Waals surface area contributed by atoms with Crippen LogP contribution in [0.5, 0.6) is 0 Å². The predicted molar refractivity (Wildman–Crippen MR) is 63.6 cm³/mol. The lowest BCUT2D eigenvalue weighted by Crippen LogP contribution is -2.32. The van der Waals surface area contributed by atoms with Crippen LogP contribution in [0, 0.1) is 5.92 Å². The van der Waals surface area contributed by atoms with Gasteiger partial charge in [-0.25, -0.2) is 4.79 Å². The summed E-state index contributed by atoms with van der Waals surface area (Å²) in [6, 6.07) is 0. The third kappa shape index (κ3) is 4.52. The molecule has 1 heterocycles. The molecule has 5 heteroatoms. The van der Waals surface area contributed by atoms with Crippen molar-refractivity contribution in [3.05, 3.63) is 0 Å². The van der Waals surface area contributed by atoms with Gasteiger partial charge < -0.3 is 19.8 Å². The van der Waals surface area contributed by atoms with Gasteiger partial charge in [0.1, 0.15) is 0 Å². The second kappa shape index (κ2) is 7.50. The van der Waals surface area contributed by atoms with Gasteiger partial charge in [-0.3, -0.25) is 0 Å². The Bertz CT molecular complexity index is 235. The van der Waals surface area contributed by atoms with Gasteiger partial charge in [0, 0.05) is 25.6 Å².